The van der Waals surface area contributed by atoms with Gasteiger partial charge in [0.05, 0.1) is 12.4 Å². The van der Waals surface area contributed by atoms with Crippen LogP contribution in [0.4, 0.5) is 0 Å². The van der Waals surface area contributed by atoms with Crippen LogP contribution in [0.3, 0.4) is 0 Å². The van der Waals surface area contributed by atoms with E-state index in [1.54, 1.807) is 38.1 Å². The van der Waals surface area contributed by atoms with Crippen molar-refractivity contribution in [2.75, 3.05) is 18.6 Å². The Kier molecular flexibility index (Phi) is 6.30. The van der Waals surface area contributed by atoms with Crippen LogP contribution in [0.25, 0.3) is 0 Å². The van der Waals surface area contributed by atoms with Gasteiger partial charge in [-0.15, -0.1) is 0 Å². The number of sulfone groups is 1. The number of hydrogen-bond acceptors (Lipinski definition) is 7. The standard InChI is InChI=1S/C19H24O7S/c1-19(2)12-16(21)17(18(22)26-19)15(20)11-13-5-7-14(8-6-13)25-9-4-10-27(3,23)24/h5-8,21H,4,9-12H2,1-3H3. The SMILES string of the molecule is CC1(C)CC(O)=C(C(=O)Cc2ccc(OCCCS(C)(=O)=O)cc2)C(=O)O1. The van der Waals surface area contributed by atoms with Gasteiger partial charge in [0.25, 0.3) is 0 Å². The third kappa shape index (κ3) is 6.39. The molecule has 1 aliphatic rings. The van der Waals surface area contributed by atoms with Crippen LogP contribution in [0.2, 0.25) is 0 Å². The van der Waals surface area contributed by atoms with Crippen molar-refractivity contribution >= 4 is 21.6 Å². The van der Waals surface area contributed by atoms with E-state index >= 15 is 0 Å². The molecule has 0 spiro atoms. The van der Waals surface area contributed by atoms with Crippen LogP contribution in [0.15, 0.2) is 35.6 Å². The minimum atomic E-state index is -3.01. The number of ketones is 1. The minimum Gasteiger partial charge on any atom is -0.511 e. The Balaban J connectivity index is 1.94. The van der Waals surface area contributed by atoms with Gasteiger partial charge in [0.2, 0.25) is 0 Å². The normalized spacial score (nSPS) is 16.8. The van der Waals surface area contributed by atoms with Crippen molar-refractivity contribution in [3.8, 4) is 5.75 Å². The van der Waals surface area contributed by atoms with E-state index in [0.717, 1.165) is 0 Å². The number of aliphatic hydroxyl groups excluding tert-OH is 1. The quantitative estimate of drug-likeness (QED) is 0.407. The molecule has 1 N–H and O–H groups in total. The molecule has 0 unspecified atom stereocenters. The van der Waals surface area contributed by atoms with Crippen molar-refractivity contribution in [2.24, 2.45) is 0 Å². The molecular formula is C19H24O7S. The van der Waals surface area contributed by atoms with E-state index in [9.17, 15) is 23.1 Å². The predicted molar refractivity (Wildman–Crippen MR) is 99.4 cm³/mol. The van der Waals surface area contributed by atoms with Crippen molar-refractivity contribution in [2.45, 2.75) is 38.7 Å². The molecule has 1 heterocycles. The van der Waals surface area contributed by atoms with Crippen molar-refractivity contribution in [3.05, 3.63) is 41.2 Å². The van der Waals surface area contributed by atoms with Gasteiger partial charge >= 0.3 is 5.97 Å². The average Bonchev–Trinajstić information content (AvgIpc) is 2.50. The highest BCUT2D eigenvalue weighted by atomic mass is 32.2. The number of rotatable bonds is 8. The van der Waals surface area contributed by atoms with Crippen LogP contribution >= 0.6 is 0 Å². The lowest BCUT2D eigenvalue weighted by Crippen LogP contribution is -2.37. The number of cyclic esters (lactones) is 1. The molecular weight excluding hydrogens is 372 g/mol. The first-order valence-corrected chi connectivity index (χ1v) is 10.6. The van der Waals surface area contributed by atoms with Crippen molar-refractivity contribution in [1.29, 1.82) is 0 Å². The molecule has 1 aromatic rings. The average molecular weight is 396 g/mol. The number of carbonyl (C=O) groups excluding carboxylic acids is 2. The van der Waals surface area contributed by atoms with Crippen LogP contribution < -0.4 is 4.74 Å². The fourth-order valence-electron chi connectivity index (χ4n) is 2.71. The zero-order chi connectivity index (χ0) is 20.2. The molecule has 27 heavy (non-hydrogen) atoms. The fourth-order valence-corrected chi connectivity index (χ4v) is 3.35. The van der Waals surface area contributed by atoms with Gasteiger partial charge in [0.15, 0.2) is 5.78 Å². The minimum absolute atomic E-state index is 0.0523. The second-order valence-corrected chi connectivity index (χ2v) is 9.48. The zero-order valence-electron chi connectivity index (χ0n) is 15.6. The number of benzene rings is 1. The molecule has 148 valence electrons. The lowest BCUT2D eigenvalue weighted by molar-refractivity contribution is -0.155. The molecule has 1 aliphatic heterocycles. The van der Waals surface area contributed by atoms with Gasteiger partial charge in [-0.3, -0.25) is 4.79 Å². The Morgan fingerprint density at radius 1 is 1.26 bits per heavy atom. The molecule has 0 saturated carbocycles. The molecule has 0 fully saturated rings. The fraction of sp³-hybridized carbons (Fsp3) is 0.474. The number of ether oxygens (including phenoxy) is 2. The van der Waals surface area contributed by atoms with E-state index in [0.29, 0.717) is 17.7 Å². The van der Waals surface area contributed by atoms with E-state index in [4.69, 9.17) is 9.47 Å². The summed E-state index contributed by atoms with van der Waals surface area (Å²) in [5.41, 5.74) is -0.474. The van der Waals surface area contributed by atoms with Crippen LogP contribution in [0, 0.1) is 0 Å². The molecule has 7 nitrogen and oxygen atoms in total. The molecule has 2 rings (SSSR count). The first-order chi connectivity index (χ1) is 12.5. The Hall–Kier alpha value is -2.35. The summed E-state index contributed by atoms with van der Waals surface area (Å²) >= 11 is 0. The third-order valence-corrected chi connectivity index (χ3v) is 4.98. The topological polar surface area (TPSA) is 107 Å². The molecule has 0 atom stereocenters. The smallest absolute Gasteiger partial charge is 0.345 e. The summed E-state index contributed by atoms with van der Waals surface area (Å²) in [6.07, 6.45) is 1.61. The van der Waals surface area contributed by atoms with Gasteiger partial charge in [-0.2, -0.15) is 0 Å². The highest BCUT2D eigenvalue weighted by Crippen LogP contribution is 2.29. The molecule has 0 aromatic heterocycles. The summed E-state index contributed by atoms with van der Waals surface area (Å²) in [6.45, 7) is 3.60. The Labute approximate surface area is 158 Å². The van der Waals surface area contributed by atoms with Gasteiger partial charge < -0.3 is 14.6 Å². The summed E-state index contributed by atoms with van der Waals surface area (Å²) in [5, 5.41) is 10.0. The van der Waals surface area contributed by atoms with Crippen molar-refractivity contribution < 1.29 is 32.6 Å². The van der Waals surface area contributed by atoms with Crippen LogP contribution in [0.5, 0.6) is 5.75 Å². The molecule has 8 heteroatoms. The molecule has 0 amide bonds. The monoisotopic (exact) mass is 396 g/mol. The van der Waals surface area contributed by atoms with Crippen LogP contribution in [0.1, 0.15) is 32.3 Å². The van der Waals surface area contributed by atoms with E-state index in [1.165, 1.54) is 6.26 Å². The van der Waals surface area contributed by atoms with Gasteiger partial charge in [-0.05, 0) is 38.0 Å². The van der Waals surface area contributed by atoms with Gasteiger partial charge in [-0.25, -0.2) is 13.2 Å². The molecule has 0 radical (unpaired) electrons. The first-order valence-electron chi connectivity index (χ1n) is 8.55. The number of aliphatic hydroxyl groups is 1. The van der Waals surface area contributed by atoms with E-state index < -0.39 is 27.2 Å². The van der Waals surface area contributed by atoms with Gasteiger partial charge in [0, 0.05) is 19.1 Å². The van der Waals surface area contributed by atoms with Gasteiger partial charge in [-0.1, -0.05) is 12.1 Å². The van der Waals surface area contributed by atoms with Crippen LogP contribution in [-0.4, -0.2) is 49.5 Å². The number of Topliss-reactive ketones (excluding diaryl/α,β-unsaturated/α-hetero) is 1. The second-order valence-electron chi connectivity index (χ2n) is 7.22. The summed E-state index contributed by atoms with van der Waals surface area (Å²) in [7, 11) is -3.01. The zero-order valence-corrected chi connectivity index (χ0v) is 16.5. The molecule has 0 saturated heterocycles. The third-order valence-electron chi connectivity index (χ3n) is 3.95. The highest BCUT2D eigenvalue weighted by molar-refractivity contribution is 7.90. The Morgan fingerprint density at radius 2 is 1.89 bits per heavy atom. The van der Waals surface area contributed by atoms with Crippen molar-refractivity contribution in [3.63, 3.8) is 0 Å². The predicted octanol–water partition coefficient (Wildman–Crippen LogP) is 2.15. The lowest BCUT2D eigenvalue weighted by atomic mass is 9.93. The van der Waals surface area contributed by atoms with E-state index in [-0.39, 0.29) is 36.5 Å². The highest BCUT2D eigenvalue weighted by Gasteiger charge is 2.37. The summed E-state index contributed by atoms with van der Waals surface area (Å²) in [6, 6.07) is 6.69. The number of hydrogen-bond donors (Lipinski definition) is 1. The first kappa shape index (κ1) is 21.0. The maximum Gasteiger partial charge on any atom is 0.345 e. The second kappa shape index (κ2) is 8.12. The number of esters is 1. The summed E-state index contributed by atoms with van der Waals surface area (Å²) < 4.78 is 32.8. The number of carbonyl (C=O) groups is 2. The summed E-state index contributed by atoms with van der Waals surface area (Å²) in [5.74, 6) is -0.937. The van der Waals surface area contributed by atoms with E-state index in [1.807, 2.05) is 0 Å². The maximum absolute atomic E-state index is 12.4. The Bertz CT molecular complexity index is 849. The summed E-state index contributed by atoms with van der Waals surface area (Å²) in [4.78, 5) is 24.4. The lowest BCUT2D eigenvalue weighted by Gasteiger charge is -2.29. The molecule has 1 aromatic carbocycles. The molecule has 0 bridgehead atoms. The Morgan fingerprint density at radius 3 is 2.44 bits per heavy atom. The van der Waals surface area contributed by atoms with Crippen molar-refractivity contribution in [1.82, 2.24) is 0 Å². The molecule has 0 aliphatic carbocycles. The maximum atomic E-state index is 12.4. The van der Waals surface area contributed by atoms with E-state index in [2.05, 4.69) is 0 Å². The van der Waals surface area contributed by atoms with Crippen LogP contribution in [-0.2, 0) is 30.6 Å². The van der Waals surface area contributed by atoms with Gasteiger partial charge in [0.1, 0.15) is 32.5 Å². The largest absolute Gasteiger partial charge is 0.511 e.